The van der Waals surface area contributed by atoms with E-state index in [1.807, 2.05) is 0 Å². The summed E-state index contributed by atoms with van der Waals surface area (Å²) in [6.45, 7) is 22.5. The third kappa shape index (κ3) is 7.62. The van der Waals surface area contributed by atoms with E-state index in [0.29, 0.717) is 0 Å². The molecular formula is C31H43N. The highest BCUT2D eigenvalue weighted by molar-refractivity contribution is 5.81. The van der Waals surface area contributed by atoms with Crippen molar-refractivity contribution >= 4 is 11.8 Å². The third-order valence-electron chi connectivity index (χ3n) is 5.50. The van der Waals surface area contributed by atoms with E-state index in [1.165, 1.54) is 27.8 Å². The van der Waals surface area contributed by atoms with Crippen molar-refractivity contribution in [3.63, 3.8) is 0 Å². The highest BCUT2D eigenvalue weighted by atomic mass is 14.7. The van der Waals surface area contributed by atoms with Gasteiger partial charge in [-0.05, 0) is 45.4 Å². The molecule has 0 spiro atoms. The van der Waals surface area contributed by atoms with Crippen LogP contribution in [-0.2, 0) is 17.3 Å². The largest absolute Gasteiger partial charge is 0.261 e. The molecule has 0 saturated carbocycles. The predicted molar refractivity (Wildman–Crippen MR) is 144 cm³/mol. The second kappa shape index (κ2) is 10.0. The molecule has 0 aliphatic heterocycles. The van der Waals surface area contributed by atoms with Crippen molar-refractivity contribution in [3.8, 4) is 0 Å². The van der Waals surface area contributed by atoms with Crippen molar-refractivity contribution in [2.75, 3.05) is 0 Å². The number of allylic oxidation sites excluding steroid dienone is 3. The van der Waals surface area contributed by atoms with E-state index in [9.17, 15) is 0 Å². The molecule has 1 nitrogen and oxygen atoms in total. The molecule has 0 amide bonds. The van der Waals surface area contributed by atoms with Crippen molar-refractivity contribution in [1.82, 2.24) is 0 Å². The molecule has 0 bridgehead atoms. The van der Waals surface area contributed by atoms with Gasteiger partial charge in [0.15, 0.2) is 0 Å². The quantitative estimate of drug-likeness (QED) is 0.332. The van der Waals surface area contributed by atoms with Gasteiger partial charge >= 0.3 is 0 Å². The average molecular weight is 430 g/mol. The van der Waals surface area contributed by atoms with E-state index in [4.69, 9.17) is 4.99 Å². The fourth-order valence-corrected chi connectivity index (χ4v) is 3.60. The maximum atomic E-state index is 5.00. The molecule has 0 aromatic heterocycles. The van der Waals surface area contributed by atoms with Crippen LogP contribution in [0, 0.1) is 5.41 Å². The summed E-state index contributed by atoms with van der Waals surface area (Å²) in [5.74, 6) is 0. The lowest BCUT2D eigenvalue weighted by Crippen LogP contribution is -2.17. The number of hydrogen-bond acceptors (Lipinski definition) is 1. The van der Waals surface area contributed by atoms with Crippen LogP contribution in [0.25, 0.3) is 5.57 Å². The molecule has 172 valence electrons. The molecule has 0 heterocycles. The second-order valence-corrected chi connectivity index (χ2v) is 11.9. The second-order valence-electron chi connectivity index (χ2n) is 11.9. The van der Waals surface area contributed by atoms with Crippen LogP contribution in [0.1, 0.15) is 91.5 Å². The Bertz CT molecular complexity index is 949. The number of benzene rings is 2. The summed E-state index contributed by atoms with van der Waals surface area (Å²) in [4.78, 5) is 5.00. The smallest absolute Gasteiger partial charge is 0.0666 e. The number of nitrogens with zero attached hydrogens (tertiary/aromatic N) is 1. The van der Waals surface area contributed by atoms with Crippen LogP contribution in [0.5, 0.6) is 0 Å². The van der Waals surface area contributed by atoms with Gasteiger partial charge in [0.05, 0.1) is 5.70 Å². The number of rotatable bonds is 5. The lowest BCUT2D eigenvalue weighted by atomic mass is 9.79. The normalized spacial score (nSPS) is 14.3. The van der Waals surface area contributed by atoms with Gasteiger partial charge in [0.1, 0.15) is 0 Å². The molecule has 0 unspecified atom stereocenters. The third-order valence-corrected chi connectivity index (χ3v) is 5.50. The minimum absolute atomic E-state index is 0.0429. The fourth-order valence-electron chi connectivity index (χ4n) is 3.60. The summed E-state index contributed by atoms with van der Waals surface area (Å²) in [5, 5.41) is 0. The summed E-state index contributed by atoms with van der Waals surface area (Å²) in [6.07, 6.45) is 7.35. The molecule has 0 fully saturated rings. The Labute approximate surface area is 197 Å². The van der Waals surface area contributed by atoms with E-state index < -0.39 is 0 Å². The first kappa shape index (κ1) is 25.8. The molecule has 2 aromatic rings. The van der Waals surface area contributed by atoms with Crippen LogP contribution in [0.15, 0.2) is 71.4 Å². The lowest BCUT2D eigenvalue weighted by Gasteiger charge is -2.26. The number of hydrogen-bond donors (Lipinski definition) is 0. The minimum atomic E-state index is 0.0429. The minimum Gasteiger partial charge on any atom is -0.261 e. The van der Waals surface area contributed by atoms with Crippen molar-refractivity contribution < 1.29 is 0 Å². The van der Waals surface area contributed by atoms with E-state index >= 15 is 0 Å². The SMILES string of the molecule is C/C=C(\C(=C/C(C)(C)C)N=CCc1cc(C(C)(C)C)cc(C(C)(C)C)c1)c1ccccc1. The molecule has 0 aliphatic rings. The van der Waals surface area contributed by atoms with Gasteiger partial charge in [0.25, 0.3) is 0 Å². The molecule has 2 aromatic carbocycles. The Morgan fingerprint density at radius 2 is 1.31 bits per heavy atom. The molecule has 2 rings (SSSR count). The van der Waals surface area contributed by atoms with E-state index in [-0.39, 0.29) is 16.2 Å². The van der Waals surface area contributed by atoms with Gasteiger partial charge in [-0.2, -0.15) is 0 Å². The van der Waals surface area contributed by atoms with Crippen LogP contribution in [0.3, 0.4) is 0 Å². The lowest BCUT2D eigenvalue weighted by molar-refractivity contribution is 0.541. The van der Waals surface area contributed by atoms with Crippen LogP contribution in [0.4, 0.5) is 0 Å². The average Bonchev–Trinajstić information content (AvgIpc) is 2.66. The first-order valence-electron chi connectivity index (χ1n) is 11.8. The summed E-state index contributed by atoms with van der Waals surface area (Å²) in [6, 6.07) is 17.6. The molecule has 0 aliphatic carbocycles. The highest BCUT2D eigenvalue weighted by Crippen LogP contribution is 2.31. The molecule has 32 heavy (non-hydrogen) atoms. The standard InChI is InChI=1S/C31H43N/c1-11-27(24-15-13-12-14-16-24)28(22-29(2,3)4)32-18-17-23-19-25(30(5,6)7)21-26(20-23)31(8,9)10/h11-16,18-22H,17H2,1-10H3/b27-11-,28-22+,32-18?. The topological polar surface area (TPSA) is 12.4 Å². The van der Waals surface area contributed by atoms with Crippen LogP contribution >= 0.6 is 0 Å². The van der Waals surface area contributed by atoms with Gasteiger partial charge in [-0.1, -0.05) is 123 Å². The van der Waals surface area contributed by atoms with Crippen molar-refractivity contribution in [2.24, 2.45) is 10.4 Å². The first-order chi connectivity index (χ1) is 14.7. The van der Waals surface area contributed by atoms with Gasteiger partial charge in [0, 0.05) is 18.2 Å². The van der Waals surface area contributed by atoms with Crippen LogP contribution in [-0.4, -0.2) is 6.21 Å². The Balaban J connectivity index is 2.44. The molecule has 0 saturated heterocycles. The van der Waals surface area contributed by atoms with Gasteiger partial charge in [-0.15, -0.1) is 0 Å². The summed E-state index contributed by atoms with van der Waals surface area (Å²) in [7, 11) is 0. The first-order valence-corrected chi connectivity index (χ1v) is 11.8. The van der Waals surface area contributed by atoms with Crippen LogP contribution < -0.4 is 0 Å². The molecule has 0 radical (unpaired) electrons. The fraction of sp³-hybridized carbons (Fsp3) is 0.452. The monoisotopic (exact) mass is 429 g/mol. The zero-order chi connectivity index (χ0) is 24.2. The Kier molecular flexibility index (Phi) is 8.10. The maximum absolute atomic E-state index is 5.00. The Hall–Kier alpha value is -2.41. The van der Waals surface area contributed by atoms with Gasteiger partial charge < -0.3 is 0 Å². The van der Waals surface area contributed by atoms with E-state index in [2.05, 4.69) is 136 Å². The highest BCUT2D eigenvalue weighted by Gasteiger charge is 2.20. The van der Waals surface area contributed by atoms with Crippen LogP contribution in [0.2, 0.25) is 0 Å². The Morgan fingerprint density at radius 1 is 0.781 bits per heavy atom. The molecule has 1 heteroatoms. The molecular weight excluding hydrogens is 386 g/mol. The van der Waals surface area contributed by atoms with Crippen molar-refractivity contribution in [1.29, 1.82) is 0 Å². The zero-order valence-electron chi connectivity index (χ0n) is 22.0. The molecule has 0 atom stereocenters. The summed E-state index contributed by atoms with van der Waals surface area (Å²) < 4.78 is 0. The van der Waals surface area contributed by atoms with E-state index in [1.54, 1.807) is 0 Å². The van der Waals surface area contributed by atoms with Crippen molar-refractivity contribution in [2.45, 2.75) is 86.5 Å². The van der Waals surface area contributed by atoms with Gasteiger partial charge in [-0.3, -0.25) is 4.99 Å². The van der Waals surface area contributed by atoms with Gasteiger partial charge in [0.2, 0.25) is 0 Å². The maximum Gasteiger partial charge on any atom is 0.0666 e. The van der Waals surface area contributed by atoms with Crippen molar-refractivity contribution in [3.05, 3.63) is 88.6 Å². The zero-order valence-corrected chi connectivity index (χ0v) is 22.0. The summed E-state index contributed by atoms with van der Waals surface area (Å²) in [5.41, 5.74) is 7.79. The Morgan fingerprint density at radius 3 is 1.75 bits per heavy atom. The number of aliphatic imine (C=N–C) groups is 1. The van der Waals surface area contributed by atoms with Gasteiger partial charge in [-0.25, -0.2) is 0 Å². The summed E-state index contributed by atoms with van der Waals surface area (Å²) >= 11 is 0. The van der Waals surface area contributed by atoms with E-state index in [0.717, 1.165) is 12.1 Å². The predicted octanol–water partition coefficient (Wildman–Crippen LogP) is 8.93. The molecule has 0 N–H and O–H groups in total.